The Morgan fingerprint density at radius 2 is 1.59 bits per heavy atom. The first-order valence-electron chi connectivity index (χ1n) is 5.50. The summed E-state index contributed by atoms with van der Waals surface area (Å²) >= 11 is 0.577. The summed E-state index contributed by atoms with van der Waals surface area (Å²) in [5, 5.41) is 17.9. The zero-order valence-corrected chi connectivity index (χ0v) is 11.7. The van der Waals surface area contributed by atoms with Crippen LogP contribution in [0.2, 0.25) is 0 Å². The molecular weight excluding hydrogens is 242 g/mol. The molecule has 0 radical (unpaired) electrons. The fourth-order valence-corrected chi connectivity index (χ4v) is 2.19. The molecular formula is C11H22NO4S+. The molecule has 6 heteroatoms. The van der Waals surface area contributed by atoms with Gasteiger partial charge in [0.15, 0.2) is 10.2 Å². The van der Waals surface area contributed by atoms with Crippen LogP contribution in [-0.2, 0) is 9.59 Å². The summed E-state index contributed by atoms with van der Waals surface area (Å²) in [5.74, 6) is 0. The molecule has 0 aromatic carbocycles. The number of hydrogen-bond acceptors (Lipinski definition) is 5. The zero-order valence-electron chi connectivity index (χ0n) is 10.8. The van der Waals surface area contributed by atoms with E-state index in [0.717, 1.165) is 0 Å². The molecule has 17 heavy (non-hydrogen) atoms. The third kappa shape index (κ3) is 10.4. The molecule has 0 aromatic rings. The van der Waals surface area contributed by atoms with E-state index in [0.29, 0.717) is 22.8 Å². The van der Waals surface area contributed by atoms with Gasteiger partial charge in [0.25, 0.3) is 0 Å². The predicted octanol–water partition coefficient (Wildman–Crippen LogP) is 0.000900. The molecule has 0 saturated heterocycles. The maximum Gasteiger partial charge on any atom is 0.199 e. The van der Waals surface area contributed by atoms with Crippen LogP contribution in [0.25, 0.3) is 0 Å². The number of carbonyl (C=O) groups is 2. The maximum atomic E-state index is 11.4. The Morgan fingerprint density at radius 1 is 1.12 bits per heavy atom. The number of carbonyl (C=O) groups excluding carboxylic acids is 2. The van der Waals surface area contributed by atoms with E-state index in [1.54, 1.807) is 0 Å². The molecule has 2 N–H and O–H groups in total. The normalized spacial score (nSPS) is 15.4. The Bertz CT molecular complexity index is 273. The summed E-state index contributed by atoms with van der Waals surface area (Å²) in [4.78, 5) is 22.7. The van der Waals surface area contributed by atoms with Gasteiger partial charge in [-0.3, -0.25) is 9.59 Å². The Hall–Kier alpha value is -0.430. The van der Waals surface area contributed by atoms with Crippen LogP contribution in [0.15, 0.2) is 0 Å². The first-order valence-corrected chi connectivity index (χ1v) is 6.32. The molecule has 0 heterocycles. The average molecular weight is 264 g/mol. The van der Waals surface area contributed by atoms with Crippen molar-refractivity contribution in [2.75, 3.05) is 27.7 Å². The molecule has 0 saturated carbocycles. The van der Waals surface area contributed by atoms with Crippen LogP contribution in [0.1, 0.15) is 19.8 Å². The molecule has 0 rings (SSSR count). The van der Waals surface area contributed by atoms with Gasteiger partial charge in [0.05, 0.1) is 27.2 Å². The summed E-state index contributed by atoms with van der Waals surface area (Å²) in [6.45, 7) is 1.95. The standard InChI is InChI=1S/C11H22NO4S/c1-8(13)5-10(15)17-11(16)6-9(14)7-12(2,3)4/h8-9,13-14H,5-7H2,1-4H3/q+1. The molecule has 2 unspecified atom stereocenters. The molecule has 0 amide bonds. The third-order valence-electron chi connectivity index (χ3n) is 1.85. The Morgan fingerprint density at radius 3 is 2.00 bits per heavy atom. The molecule has 0 aliphatic carbocycles. The molecule has 0 aliphatic rings. The zero-order chi connectivity index (χ0) is 13.6. The SMILES string of the molecule is CC(O)CC(=O)SC(=O)CC(O)C[N+](C)(C)C. The van der Waals surface area contributed by atoms with Gasteiger partial charge >= 0.3 is 0 Å². The van der Waals surface area contributed by atoms with Crippen LogP contribution in [0, 0.1) is 0 Å². The largest absolute Gasteiger partial charge is 0.393 e. The smallest absolute Gasteiger partial charge is 0.199 e. The summed E-state index contributed by atoms with van der Waals surface area (Å²) in [5.41, 5.74) is 0. The van der Waals surface area contributed by atoms with Crippen molar-refractivity contribution < 1.29 is 24.3 Å². The van der Waals surface area contributed by atoms with Gasteiger partial charge in [0.2, 0.25) is 0 Å². The van der Waals surface area contributed by atoms with E-state index in [9.17, 15) is 14.7 Å². The minimum absolute atomic E-state index is 0.0360. The monoisotopic (exact) mass is 264 g/mol. The highest BCUT2D eigenvalue weighted by Gasteiger charge is 2.21. The van der Waals surface area contributed by atoms with E-state index in [4.69, 9.17) is 5.11 Å². The second-order valence-corrected chi connectivity index (χ2v) is 6.34. The van der Waals surface area contributed by atoms with Gasteiger partial charge in [-0.15, -0.1) is 0 Å². The van der Waals surface area contributed by atoms with Crippen molar-refractivity contribution in [3.05, 3.63) is 0 Å². The lowest BCUT2D eigenvalue weighted by Gasteiger charge is -2.26. The fraction of sp³-hybridized carbons (Fsp3) is 0.818. The van der Waals surface area contributed by atoms with Crippen molar-refractivity contribution in [2.24, 2.45) is 0 Å². The van der Waals surface area contributed by atoms with E-state index in [1.165, 1.54) is 6.92 Å². The lowest BCUT2D eigenvalue weighted by atomic mass is 10.2. The Kier molecular flexibility index (Phi) is 6.92. The van der Waals surface area contributed by atoms with Crippen molar-refractivity contribution in [3.63, 3.8) is 0 Å². The lowest BCUT2D eigenvalue weighted by molar-refractivity contribution is -0.873. The molecule has 0 bridgehead atoms. The summed E-state index contributed by atoms with van der Waals surface area (Å²) in [7, 11) is 5.75. The molecule has 0 aromatic heterocycles. The number of rotatable bonds is 6. The van der Waals surface area contributed by atoms with Crippen LogP contribution < -0.4 is 0 Å². The van der Waals surface area contributed by atoms with Crippen LogP contribution in [0.5, 0.6) is 0 Å². The highest BCUT2D eigenvalue weighted by molar-refractivity contribution is 8.26. The number of aliphatic hydroxyl groups is 2. The van der Waals surface area contributed by atoms with Gasteiger partial charge in [-0.25, -0.2) is 0 Å². The second kappa shape index (κ2) is 7.10. The molecule has 100 valence electrons. The van der Waals surface area contributed by atoms with Crippen molar-refractivity contribution in [1.82, 2.24) is 0 Å². The van der Waals surface area contributed by atoms with Crippen molar-refractivity contribution in [1.29, 1.82) is 0 Å². The number of nitrogens with zero attached hydrogens (tertiary/aromatic N) is 1. The highest BCUT2D eigenvalue weighted by atomic mass is 32.2. The number of hydrogen-bond donors (Lipinski definition) is 2. The highest BCUT2D eigenvalue weighted by Crippen LogP contribution is 2.13. The van der Waals surface area contributed by atoms with E-state index < -0.39 is 12.2 Å². The minimum atomic E-state index is -0.741. The van der Waals surface area contributed by atoms with Gasteiger partial charge in [-0.2, -0.15) is 0 Å². The number of aliphatic hydroxyl groups excluding tert-OH is 2. The molecule has 0 aliphatic heterocycles. The van der Waals surface area contributed by atoms with Gasteiger partial charge in [-0.1, -0.05) is 0 Å². The first kappa shape index (κ1) is 16.6. The van der Waals surface area contributed by atoms with E-state index in [2.05, 4.69) is 0 Å². The van der Waals surface area contributed by atoms with Gasteiger partial charge < -0.3 is 14.7 Å². The van der Waals surface area contributed by atoms with E-state index >= 15 is 0 Å². The third-order valence-corrected chi connectivity index (χ3v) is 2.64. The summed E-state index contributed by atoms with van der Waals surface area (Å²) in [6, 6.07) is 0. The van der Waals surface area contributed by atoms with Crippen LogP contribution in [-0.4, -0.2) is 64.8 Å². The topological polar surface area (TPSA) is 74.6 Å². The molecule has 0 spiro atoms. The summed E-state index contributed by atoms with van der Waals surface area (Å²) < 4.78 is 0.556. The number of likely N-dealkylation sites (N-methyl/N-ethyl adjacent to an activating group) is 1. The van der Waals surface area contributed by atoms with Crippen LogP contribution in [0.4, 0.5) is 0 Å². The number of quaternary nitrogens is 1. The fourth-order valence-electron chi connectivity index (χ4n) is 1.34. The first-order chi connectivity index (χ1) is 7.60. The minimum Gasteiger partial charge on any atom is -0.393 e. The summed E-state index contributed by atoms with van der Waals surface area (Å²) in [6.07, 6.45) is -1.55. The number of thioether (sulfide) groups is 1. The average Bonchev–Trinajstić information content (AvgIpc) is 1.95. The van der Waals surface area contributed by atoms with Crippen molar-refractivity contribution in [2.45, 2.75) is 32.0 Å². The molecule has 5 nitrogen and oxygen atoms in total. The lowest BCUT2D eigenvalue weighted by Crippen LogP contribution is -2.41. The van der Waals surface area contributed by atoms with Gasteiger partial charge in [0, 0.05) is 12.8 Å². The van der Waals surface area contributed by atoms with Gasteiger partial charge in [0.1, 0.15) is 12.6 Å². The Balaban J connectivity index is 3.98. The van der Waals surface area contributed by atoms with Crippen molar-refractivity contribution >= 4 is 22.0 Å². The quantitative estimate of drug-likeness (QED) is 0.661. The van der Waals surface area contributed by atoms with Gasteiger partial charge in [-0.05, 0) is 18.7 Å². The van der Waals surface area contributed by atoms with E-state index in [1.807, 2.05) is 21.1 Å². The molecule has 2 atom stereocenters. The van der Waals surface area contributed by atoms with E-state index in [-0.39, 0.29) is 23.1 Å². The predicted molar refractivity (Wildman–Crippen MR) is 67.4 cm³/mol. The van der Waals surface area contributed by atoms with Crippen LogP contribution >= 0.6 is 11.8 Å². The second-order valence-electron chi connectivity index (χ2n) is 5.23. The maximum absolute atomic E-state index is 11.4. The molecule has 0 fully saturated rings. The van der Waals surface area contributed by atoms with Crippen LogP contribution in [0.3, 0.4) is 0 Å². The van der Waals surface area contributed by atoms with Crippen molar-refractivity contribution in [3.8, 4) is 0 Å². The Labute approximate surface area is 106 Å².